The van der Waals surface area contributed by atoms with E-state index in [1.165, 1.54) is 6.42 Å². The van der Waals surface area contributed by atoms with Crippen molar-refractivity contribution in [2.24, 2.45) is 17.6 Å². The lowest BCUT2D eigenvalue weighted by Gasteiger charge is -2.36. The Bertz CT molecular complexity index is 502. The van der Waals surface area contributed by atoms with Crippen LogP contribution in [0.2, 0.25) is 0 Å². The SMILES string of the molecule is COc1ccc(C(C)=O)cc1CN1CCC(C)C(CN)C1. The molecule has 0 radical (unpaired) electrons. The summed E-state index contributed by atoms with van der Waals surface area (Å²) in [6.45, 7) is 7.52. The number of carbonyl (C=O) groups excluding carboxylic acids is 1. The summed E-state index contributed by atoms with van der Waals surface area (Å²) >= 11 is 0. The minimum Gasteiger partial charge on any atom is -0.496 e. The van der Waals surface area contributed by atoms with Crippen LogP contribution in [0.15, 0.2) is 18.2 Å². The molecule has 0 bridgehead atoms. The van der Waals surface area contributed by atoms with Gasteiger partial charge in [-0.05, 0) is 56.5 Å². The van der Waals surface area contributed by atoms with E-state index in [0.29, 0.717) is 11.8 Å². The summed E-state index contributed by atoms with van der Waals surface area (Å²) in [5, 5.41) is 0. The summed E-state index contributed by atoms with van der Waals surface area (Å²) in [5.41, 5.74) is 7.69. The van der Waals surface area contributed by atoms with Crippen molar-refractivity contribution >= 4 is 5.78 Å². The molecule has 1 fully saturated rings. The number of rotatable bonds is 5. The normalized spacial score (nSPS) is 23.0. The summed E-state index contributed by atoms with van der Waals surface area (Å²) in [4.78, 5) is 14.0. The van der Waals surface area contributed by atoms with Crippen LogP contribution in [0, 0.1) is 11.8 Å². The number of piperidine rings is 1. The number of methoxy groups -OCH3 is 1. The third kappa shape index (κ3) is 3.83. The van der Waals surface area contributed by atoms with Crippen molar-refractivity contribution in [2.75, 3.05) is 26.7 Å². The largest absolute Gasteiger partial charge is 0.496 e. The Morgan fingerprint density at radius 1 is 1.48 bits per heavy atom. The molecule has 2 N–H and O–H groups in total. The van der Waals surface area contributed by atoms with Gasteiger partial charge in [-0.3, -0.25) is 9.69 Å². The van der Waals surface area contributed by atoms with E-state index in [1.54, 1.807) is 14.0 Å². The van der Waals surface area contributed by atoms with Gasteiger partial charge in [-0.2, -0.15) is 0 Å². The lowest BCUT2D eigenvalue weighted by atomic mass is 9.87. The molecule has 2 atom stereocenters. The number of benzene rings is 1. The second kappa shape index (κ2) is 7.05. The number of nitrogens with zero attached hydrogens (tertiary/aromatic N) is 1. The van der Waals surface area contributed by atoms with Crippen molar-refractivity contribution in [3.8, 4) is 5.75 Å². The van der Waals surface area contributed by atoms with E-state index >= 15 is 0 Å². The number of hydrogen-bond acceptors (Lipinski definition) is 4. The summed E-state index contributed by atoms with van der Waals surface area (Å²) < 4.78 is 5.43. The van der Waals surface area contributed by atoms with Gasteiger partial charge >= 0.3 is 0 Å². The van der Waals surface area contributed by atoms with Crippen molar-refractivity contribution in [1.29, 1.82) is 0 Å². The molecule has 1 heterocycles. The molecule has 0 saturated carbocycles. The van der Waals surface area contributed by atoms with E-state index in [0.717, 1.165) is 43.1 Å². The van der Waals surface area contributed by atoms with Gasteiger partial charge in [-0.25, -0.2) is 0 Å². The van der Waals surface area contributed by atoms with Crippen molar-refractivity contribution in [3.63, 3.8) is 0 Å². The third-order valence-corrected chi connectivity index (χ3v) is 4.58. The highest BCUT2D eigenvalue weighted by atomic mass is 16.5. The van der Waals surface area contributed by atoms with Crippen molar-refractivity contribution in [3.05, 3.63) is 29.3 Å². The van der Waals surface area contributed by atoms with Crippen LogP contribution < -0.4 is 10.5 Å². The molecule has 1 aliphatic rings. The van der Waals surface area contributed by atoms with Gasteiger partial charge in [-0.15, -0.1) is 0 Å². The van der Waals surface area contributed by atoms with Crippen molar-refractivity contribution in [2.45, 2.75) is 26.8 Å². The maximum absolute atomic E-state index is 11.6. The average Bonchev–Trinajstić information content (AvgIpc) is 2.49. The number of likely N-dealkylation sites (tertiary alicyclic amines) is 1. The fourth-order valence-electron chi connectivity index (χ4n) is 3.04. The molecule has 1 aliphatic heterocycles. The molecule has 2 unspecified atom stereocenters. The Morgan fingerprint density at radius 2 is 2.24 bits per heavy atom. The van der Waals surface area contributed by atoms with Crippen molar-refractivity contribution in [1.82, 2.24) is 4.90 Å². The van der Waals surface area contributed by atoms with Gasteiger partial charge < -0.3 is 10.5 Å². The number of ketones is 1. The van der Waals surface area contributed by atoms with Crippen LogP contribution in [0.5, 0.6) is 5.75 Å². The number of ether oxygens (including phenoxy) is 1. The van der Waals surface area contributed by atoms with Crippen LogP contribution in [-0.4, -0.2) is 37.4 Å². The van der Waals surface area contributed by atoms with Crippen molar-refractivity contribution < 1.29 is 9.53 Å². The maximum Gasteiger partial charge on any atom is 0.159 e. The first-order valence-corrected chi connectivity index (χ1v) is 7.65. The van der Waals surface area contributed by atoms with Gasteiger partial charge in [0, 0.05) is 24.2 Å². The monoisotopic (exact) mass is 290 g/mol. The highest BCUT2D eigenvalue weighted by molar-refractivity contribution is 5.94. The molecule has 21 heavy (non-hydrogen) atoms. The standard InChI is InChI=1S/C17H26N2O2/c1-12-6-7-19(11-16(12)9-18)10-15-8-14(13(2)20)4-5-17(15)21-3/h4-5,8,12,16H,6-7,9-11,18H2,1-3H3. The molecule has 0 aliphatic carbocycles. The lowest BCUT2D eigenvalue weighted by Crippen LogP contribution is -2.42. The molecule has 1 saturated heterocycles. The van der Waals surface area contributed by atoms with E-state index < -0.39 is 0 Å². The number of hydrogen-bond donors (Lipinski definition) is 1. The van der Waals surface area contributed by atoms with E-state index in [1.807, 2.05) is 18.2 Å². The summed E-state index contributed by atoms with van der Waals surface area (Å²) in [5.74, 6) is 2.19. The van der Waals surface area contributed by atoms with Gasteiger partial charge in [0.15, 0.2) is 5.78 Å². The highest BCUT2D eigenvalue weighted by Crippen LogP contribution is 2.27. The van der Waals surface area contributed by atoms with Crippen LogP contribution in [-0.2, 0) is 6.54 Å². The lowest BCUT2D eigenvalue weighted by molar-refractivity contribution is 0.101. The number of carbonyl (C=O) groups is 1. The first-order valence-electron chi connectivity index (χ1n) is 7.65. The molecular formula is C17H26N2O2. The summed E-state index contributed by atoms with van der Waals surface area (Å²) in [6, 6.07) is 5.67. The molecule has 1 aromatic carbocycles. The highest BCUT2D eigenvalue weighted by Gasteiger charge is 2.25. The zero-order chi connectivity index (χ0) is 15.4. The Balaban J connectivity index is 2.14. The smallest absolute Gasteiger partial charge is 0.159 e. The Hall–Kier alpha value is -1.39. The topological polar surface area (TPSA) is 55.6 Å². The van der Waals surface area contributed by atoms with Gasteiger partial charge in [0.05, 0.1) is 7.11 Å². The van der Waals surface area contributed by atoms with Crippen LogP contribution in [0.4, 0.5) is 0 Å². The van der Waals surface area contributed by atoms with E-state index in [4.69, 9.17) is 10.5 Å². The second-order valence-corrected chi connectivity index (χ2v) is 6.08. The molecule has 0 spiro atoms. The van der Waals surface area contributed by atoms with E-state index in [-0.39, 0.29) is 5.78 Å². The minimum absolute atomic E-state index is 0.0889. The molecule has 116 valence electrons. The third-order valence-electron chi connectivity index (χ3n) is 4.58. The van der Waals surface area contributed by atoms with Gasteiger partial charge in [0.1, 0.15) is 5.75 Å². The van der Waals surface area contributed by atoms with Crippen LogP contribution in [0.3, 0.4) is 0 Å². The number of nitrogens with two attached hydrogens (primary N) is 1. The Morgan fingerprint density at radius 3 is 2.86 bits per heavy atom. The zero-order valence-corrected chi connectivity index (χ0v) is 13.3. The molecule has 4 nitrogen and oxygen atoms in total. The zero-order valence-electron chi connectivity index (χ0n) is 13.3. The quantitative estimate of drug-likeness (QED) is 0.846. The summed E-state index contributed by atoms with van der Waals surface area (Å²) in [6.07, 6.45) is 1.18. The Kier molecular flexibility index (Phi) is 5.37. The van der Waals surface area contributed by atoms with Crippen LogP contribution in [0.25, 0.3) is 0 Å². The van der Waals surface area contributed by atoms with Crippen LogP contribution >= 0.6 is 0 Å². The Labute approximate surface area is 127 Å². The second-order valence-electron chi connectivity index (χ2n) is 6.08. The molecule has 2 rings (SSSR count). The fraction of sp³-hybridized carbons (Fsp3) is 0.588. The van der Waals surface area contributed by atoms with Gasteiger partial charge in [0.25, 0.3) is 0 Å². The molecular weight excluding hydrogens is 264 g/mol. The number of Topliss-reactive ketones (excluding diaryl/α,β-unsaturated/α-hetero) is 1. The van der Waals surface area contributed by atoms with E-state index in [9.17, 15) is 4.79 Å². The maximum atomic E-state index is 11.6. The summed E-state index contributed by atoms with van der Waals surface area (Å²) in [7, 11) is 1.67. The average molecular weight is 290 g/mol. The predicted octanol–water partition coefficient (Wildman–Crippen LogP) is 2.31. The minimum atomic E-state index is 0.0889. The predicted molar refractivity (Wildman–Crippen MR) is 84.6 cm³/mol. The first kappa shape index (κ1) is 16.0. The van der Waals surface area contributed by atoms with Gasteiger partial charge in [0.2, 0.25) is 0 Å². The van der Waals surface area contributed by atoms with E-state index in [2.05, 4.69) is 11.8 Å². The first-order chi connectivity index (χ1) is 10.0. The fourth-order valence-corrected chi connectivity index (χ4v) is 3.04. The molecule has 1 aromatic rings. The molecule has 4 heteroatoms. The molecule has 0 amide bonds. The molecule has 0 aromatic heterocycles. The van der Waals surface area contributed by atoms with Crippen LogP contribution in [0.1, 0.15) is 36.2 Å². The van der Waals surface area contributed by atoms with Gasteiger partial charge in [-0.1, -0.05) is 6.92 Å².